The Morgan fingerprint density at radius 1 is 0.276 bits per heavy atom. The second-order valence-electron chi connectivity index (χ2n) is 14.9. The van der Waals surface area contributed by atoms with Gasteiger partial charge in [-0.1, -0.05) is 170 Å². The maximum absolute atomic E-state index is 6.43. The molecule has 0 spiro atoms. The minimum absolute atomic E-state index is 0.886. The molecule has 0 aliphatic heterocycles. The number of furan rings is 1. The highest BCUT2D eigenvalue weighted by Crippen LogP contribution is 2.45. The molecule has 0 bridgehead atoms. The number of hydrogen-bond acceptors (Lipinski definition) is 2. The smallest absolute Gasteiger partial charge is 0.136 e. The van der Waals surface area contributed by atoms with Crippen molar-refractivity contribution in [3.05, 3.63) is 224 Å². The minimum Gasteiger partial charge on any atom is -0.456 e. The van der Waals surface area contributed by atoms with Crippen LogP contribution in [0.25, 0.3) is 88.0 Å². The van der Waals surface area contributed by atoms with Gasteiger partial charge in [0.05, 0.1) is 5.69 Å². The van der Waals surface area contributed by atoms with Crippen molar-refractivity contribution in [3.63, 3.8) is 0 Å². The number of nitrogens with zero attached hydrogens (tertiary/aromatic N) is 1. The van der Waals surface area contributed by atoms with Crippen LogP contribution in [-0.2, 0) is 0 Å². The summed E-state index contributed by atoms with van der Waals surface area (Å²) in [5.41, 5.74) is 14.4. The summed E-state index contributed by atoms with van der Waals surface area (Å²) in [6, 6.07) is 80.8. The predicted molar refractivity (Wildman–Crippen MR) is 245 cm³/mol. The minimum atomic E-state index is 0.886. The van der Waals surface area contributed by atoms with E-state index in [2.05, 4.69) is 229 Å². The van der Waals surface area contributed by atoms with E-state index in [4.69, 9.17) is 4.42 Å². The molecule has 1 heterocycles. The molecular formula is C56H37NO. The van der Waals surface area contributed by atoms with Crippen molar-refractivity contribution in [3.8, 4) is 44.5 Å². The monoisotopic (exact) mass is 739 g/mol. The molecule has 0 saturated heterocycles. The summed E-state index contributed by atoms with van der Waals surface area (Å²) >= 11 is 0. The Bertz CT molecular complexity index is 3270. The summed E-state index contributed by atoms with van der Waals surface area (Å²) < 4.78 is 6.43. The van der Waals surface area contributed by atoms with Crippen molar-refractivity contribution in [1.82, 2.24) is 0 Å². The van der Waals surface area contributed by atoms with Crippen LogP contribution < -0.4 is 4.90 Å². The van der Waals surface area contributed by atoms with E-state index in [1.807, 2.05) is 0 Å². The van der Waals surface area contributed by atoms with Crippen LogP contribution in [0.4, 0.5) is 17.1 Å². The van der Waals surface area contributed by atoms with Crippen LogP contribution in [0.15, 0.2) is 229 Å². The third kappa shape index (κ3) is 5.91. The fourth-order valence-electron chi connectivity index (χ4n) is 8.63. The maximum atomic E-state index is 6.43. The molecule has 0 fully saturated rings. The van der Waals surface area contributed by atoms with Gasteiger partial charge in [0.1, 0.15) is 11.2 Å². The first-order valence-corrected chi connectivity index (χ1v) is 19.8. The Morgan fingerprint density at radius 2 is 0.845 bits per heavy atom. The molecule has 0 aliphatic rings. The number of hydrogen-bond donors (Lipinski definition) is 0. The molecule has 0 saturated carbocycles. The molecule has 0 atom stereocenters. The summed E-state index contributed by atoms with van der Waals surface area (Å²) in [6.45, 7) is 0. The van der Waals surface area contributed by atoms with Gasteiger partial charge in [0.15, 0.2) is 0 Å². The molecule has 0 N–H and O–H groups in total. The zero-order chi connectivity index (χ0) is 38.4. The zero-order valence-electron chi connectivity index (χ0n) is 31.7. The molecule has 0 amide bonds. The van der Waals surface area contributed by atoms with Crippen molar-refractivity contribution in [2.75, 3.05) is 4.90 Å². The van der Waals surface area contributed by atoms with E-state index in [1.165, 1.54) is 54.9 Å². The summed E-state index contributed by atoms with van der Waals surface area (Å²) in [4.78, 5) is 2.41. The molecule has 0 unspecified atom stereocenters. The molecule has 272 valence electrons. The Morgan fingerprint density at radius 3 is 1.64 bits per heavy atom. The highest BCUT2D eigenvalue weighted by atomic mass is 16.3. The molecule has 11 aromatic rings. The first-order chi connectivity index (χ1) is 28.7. The molecule has 10 aromatic carbocycles. The van der Waals surface area contributed by atoms with Gasteiger partial charge in [-0.2, -0.15) is 0 Å². The average Bonchev–Trinajstić information content (AvgIpc) is 3.65. The number of para-hydroxylation sites is 1. The van der Waals surface area contributed by atoms with Crippen LogP contribution in [0.3, 0.4) is 0 Å². The van der Waals surface area contributed by atoms with E-state index in [0.717, 1.165) is 50.1 Å². The third-order valence-electron chi connectivity index (χ3n) is 11.5. The van der Waals surface area contributed by atoms with Gasteiger partial charge in [-0.25, -0.2) is 0 Å². The second-order valence-corrected chi connectivity index (χ2v) is 14.9. The fraction of sp³-hybridized carbons (Fsp3) is 0. The summed E-state index contributed by atoms with van der Waals surface area (Å²) in [7, 11) is 0. The van der Waals surface area contributed by atoms with Crippen LogP contribution in [0.2, 0.25) is 0 Å². The first-order valence-electron chi connectivity index (χ1n) is 19.8. The lowest BCUT2D eigenvalue weighted by Gasteiger charge is -2.29. The van der Waals surface area contributed by atoms with Gasteiger partial charge >= 0.3 is 0 Å². The molecule has 2 nitrogen and oxygen atoms in total. The van der Waals surface area contributed by atoms with Crippen LogP contribution >= 0.6 is 0 Å². The Hall–Kier alpha value is -7.68. The average molecular weight is 740 g/mol. The summed E-state index contributed by atoms with van der Waals surface area (Å²) in [5.74, 6) is 0. The summed E-state index contributed by atoms with van der Waals surface area (Å²) in [6.07, 6.45) is 0. The molecule has 0 aliphatic carbocycles. The number of benzene rings is 10. The van der Waals surface area contributed by atoms with Crippen LogP contribution in [0.5, 0.6) is 0 Å². The highest BCUT2D eigenvalue weighted by Gasteiger charge is 2.21. The summed E-state index contributed by atoms with van der Waals surface area (Å²) in [5, 5.41) is 7.10. The largest absolute Gasteiger partial charge is 0.456 e. The Labute approximate surface area is 337 Å². The van der Waals surface area contributed by atoms with Crippen molar-refractivity contribution in [1.29, 1.82) is 0 Å². The lowest BCUT2D eigenvalue weighted by molar-refractivity contribution is 0.669. The lowest BCUT2D eigenvalue weighted by atomic mass is 9.93. The topological polar surface area (TPSA) is 16.4 Å². The van der Waals surface area contributed by atoms with Gasteiger partial charge < -0.3 is 9.32 Å². The Kier molecular flexibility index (Phi) is 8.19. The Balaban J connectivity index is 1.11. The fourth-order valence-corrected chi connectivity index (χ4v) is 8.63. The van der Waals surface area contributed by atoms with Crippen molar-refractivity contribution in [2.45, 2.75) is 0 Å². The van der Waals surface area contributed by atoms with Gasteiger partial charge in [0, 0.05) is 27.7 Å². The van der Waals surface area contributed by atoms with E-state index in [1.54, 1.807) is 0 Å². The SMILES string of the molecule is c1ccc(-c2ccc(N(c3ccc(-c4cccc5ccccc45)cc3)c3ccccc3-c3ccc4oc5cc6ccccc6cc5c4c3)cc2-c2ccccc2)cc1. The quantitative estimate of drug-likeness (QED) is 0.162. The van der Waals surface area contributed by atoms with Crippen LogP contribution in [0, 0.1) is 0 Å². The maximum Gasteiger partial charge on any atom is 0.136 e. The molecular weight excluding hydrogens is 703 g/mol. The number of anilines is 3. The van der Waals surface area contributed by atoms with E-state index in [9.17, 15) is 0 Å². The molecule has 2 heteroatoms. The van der Waals surface area contributed by atoms with Gasteiger partial charge in [-0.05, 0) is 115 Å². The van der Waals surface area contributed by atoms with Crippen LogP contribution in [-0.4, -0.2) is 0 Å². The van der Waals surface area contributed by atoms with Crippen LogP contribution in [0.1, 0.15) is 0 Å². The van der Waals surface area contributed by atoms with Crippen molar-refractivity contribution >= 4 is 60.5 Å². The third-order valence-corrected chi connectivity index (χ3v) is 11.5. The first kappa shape index (κ1) is 33.6. The normalized spacial score (nSPS) is 11.4. The molecule has 0 radical (unpaired) electrons. The molecule has 11 rings (SSSR count). The van der Waals surface area contributed by atoms with Crippen molar-refractivity contribution in [2.24, 2.45) is 0 Å². The second kappa shape index (κ2) is 14.1. The van der Waals surface area contributed by atoms with Gasteiger partial charge in [-0.3, -0.25) is 0 Å². The van der Waals surface area contributed by atoms with Gasteiger partial charge in [-0.15, -0.1) is 0 Å². The predicted octanol–water partition coefficient (Wildman–Crippen LogP) is 16.0. The van der Waals surface area contributed by atoms with E-state index >= 15 is 0 Å². The lowest BCUT2D eigenvalue weighted by Crippen LogP contribution is -2.11. The molecule has 58 heavy (non-hydrogen) atoms. The van der Waals surface area contributed by atoms with E-state index < -0.39 is 0 Å². The highest BCUT2D eigenvalue weighted by molar-refractivity contribution is 6.11. The molecule has 1 aromatic heterocycles. The van der Waals surface area contributed by atoms with E-state index in [-0.39, 0.29) is 0 Å². The standard InChI is InChI=1S/C56H37NO/c1-3-14-38(15-4-1)49-32-31-46(37-51(49)40-16-5-2-6-17-40)57(45-29-26-41(27-30-45)48-24-13-21-39-18-9-10-22-47(39)48)54-25-12-11-23-50(54)44-28-33-55-52(35-44)53-34-42-19-7-8-20-43(42)36-56(53)58-55/h1-37H. The zero-order valence-corrected chi connectivity index (χ0v) is 31.7. The van der Waals surface area contributed by atoms with Gasteiger partial charge in [0.2, 0.25) is 0 Å². The number of fused-ring (bicyclic) bond motifs is 5. The van der Waals surface area contributed by atoms with Crippen molar-refractivity contribution < 1.29 is 4.42 Å². The van der Waals surface area contributed by atoms with E-state index in [0.29, 0.717) is 0 Å². The van der Waals surface area contributed by atoms with Gasteiger partial charge in [0.25, 0.3) is 0 Å². The number of rotatable bonds is 7.